The van der Waals surface area contributed by atoms with Crippen molar-refractivity contribution < 1.29 is 4.74 Å². The lowest BCUT2D eigenvalue weighted by molar-refractivity contribution is 0.174. The highest BCUT2D eigenvalue weighted by molar-refractivity contribution is 9.09. The lowest BCUT2D eigenvalue weighted by Crippen LogP contribution is -2.27. The zero-order chi connectivity index (χ0) is 12.3. The van der Waals surface area contributed by atoms with Crippen LogP contribution in [0.25, 0.3) is 0 Å². The molecule has 0 bridgehead atoms. The van der Waals surface area contributed by atoms with E-state index in [2.05, 4.69) is 15.9 Å². The number of rotatable bonds is 4. The van der Waals surface area contributed by atoms with Crippen molar-refractivity contribution in [3.8, 4) is 5.75 Å². The molecule has 0 aromatic heterocycles. The fraction of sp³-hybridized carbons (Fsp3) is 0.538. The molecule has 1 aromatic rings. The number of benzene rings is 1. The molecule has 0 saturated heterocycles. The molecule has 0 amide bonds. The van der Waals surface area contributed by atoms with Crippen LogP contribution in [0.1, 0.15) is 25.7 Å². The Bertz CT molecular complexity index is 389. The van der Waals surface area contributed by atoms with Crippen molar-refractivity contribution in [2.75, 3.05) is 11.9 Å². The average Bonchev–Trinajstić information content (AvgIpc) is 2.77. The smallest absolute Gasteiger partial charge is 0.138 e. The predicted octanol–water partition coefficient (Wildman–Crippen LogP) is 5.33. The summed E-state index contributed by atoms with van der Waals surface area (Å²) in [6.07, 6.45) is 5.04. The lowest BCUT2D eigenvalue weighted by Gasteiger charge is -2.26. The van der Waals surface area contributed by atoms with Gasteiger partial charge in [0.25, 0.3) is 0 Å². The standard InChI is InChI=1S/C13H15BrCl2O/c14-8-13(5-1-2-6-13)9-17-12-4-3-10(15)7-11(12)16/h3-4,7H,1-2,5-6,8-9H2. The van der Waals surface area contributed by atoms with E-state index in [-0.39, 0.29) is 5.41 Å². The molecular formula is C13H15BrCl2O. The van der Waals surface area contributed by atoms with Crippen molar-refractivity contribution in [3.05, 3.63) is 28.2 Å². The molecule has 1 aromatic carbocycles. The summed E-state index contributed by atoms with van der Waals surface area (Å²) in [5.41, 5.74) is 0.281. The molecular weight excluding hydrogens is 323 g/mol. The molecule has 1 aliphatic rings. The topological polar surface area (TPSA) is 9.23 Å². The fourth-order valence-electron chi connectivity index (χ4n) is 2.26. The van der Waals surface area contributed by atoms with Gasteiger partial charge in [-0.15, -0.1) is 0 Å². The number of ether oxygens (including phenoxy) is 1. The Labute approximate surface area is 121 Å². The van der Waals surface area contributed by atoms with E-state index in [1.54, 1.807) is 12.1 Å². The maximum Gasteiger partial charge on any atom is 0.138 e. The first-order valence-corrected chi connectivity index (χ1v) is 7.67. The summed E-state index contributed by atoms with van der Waals surface area (Å²) in [5, 5.41) is 2.21. The summed E-state index contributed by atoms with van der Waals surface area (Å²) in [6.45, 7) is 0.722. The average molecular weight is 338 g/mol. The highest BCUT2D eigenvalue weighted by atomic mass is 79.9. The van der Waals surface area contributed by atoms with Gasteiger partial charge in [-0.25, -0.2) is 0 Å². The van der Waals surface area contributed by atoms with Crippen LogP contribution in [0.4, 0.5) is 0 Å². The second-order valence-corrected chi connectivity index (χ2v) is 6.11. The van der Waals surface area contributed by atoms with Gasteiger partial charge in [-0.05, 0) is 31.0 Å². The first-order chi connectivity index (χ1) is 8.15. The first kappa shape index (κ1) is 13.5. The molecule has 2 rings (SSSR count). The highest BCUT2D eigenvalue weighted by Gasteiger charge is 2.33. The zero-order valence-electron chi connectivity index (χ0n) is 9.52. The Morgan fingerprint density at radius 2 is 1.94 bits per heavy atom. The zero-order valence-corrected chi connectivity index (χ0v) is 12.6. The molecule has 94 valence electrons. The Balaban J connectivity index is 2.01. The molecule has 0 atom stereocenters. The van der Waals surface area contributed by atoms with Crippen LogP contribution < -0.4 is 4.74 Å². The summed E-state index contributed by atoms with van der Waals surface area (Å²) >= 11 is 15.5. The van der Waals surface area contributed by atoms with E-state index in [9.17, 15) is 0 Å². The summed E-state index contributed by atoms with van der Waals surface area (Å²) in [5.74, 6) is 0.725. The molecule has 0 aliphatic heterocycles. The first-order valence-electron chi connectivity index (χ1n) is 5.79. The van der Waals surface area contributed by atoms with Gasteiger partial charge in [-0.1, -0.05) is 52.0 Å². The minimum Gasteiger partial charge on any atom is -0.491 e. The van der Waals surface area contributed by atoms with E-state index in [0.29, 0.717) is 10.0 Å². The SMILES string of the molecule is Clc1ccc(OCC2(CBr)CCCC2)c(Cl)c1. The van der Waals surface area contributed by atoms with Crippen molar-refractivity contribution in [3.63, 3.8) is 0 Å². The van der Waals surface area contributed by atoms with Crippen molar-refractivity contribution in [1.29, 1.82) is 0 Å². The lowest BCUT2D eigenvalue weighted by atomic mass is 9.90. The van der Waals surface area contributed by atoms with Crippen molar-refractivity contribution >= 4 is 39.1 Å². The second kappa shape index (κ2) is 5.81. The highest BCUT2D eigenvalue weighted by Crippen LogP contribution is 2.40. The number of halogens is 3. The fourth-order valence-corrected chi connectivity index (χ4v) is 3.45. The number of hydrogen-bond donors (Lipinski definition) is 0. The van der Waals surface area contributed by atoms with Crippen LogP contribution in [-0.2, 0) is 0 Å². The quantitative estimate of drug-likeness (QED) is 0.675. The molecule has 0 unspecified atom stereocenters. The van der Waals surface area contributed by atoms with Crippen molar-refractivity contribution in [2.24, 2.45) is 5.41 Å². The third-order valence-corrected chi connectivity index (χ3v) is 5.10. The monoisotopic (exact) mass is 336 g/mol. The minimum absolute atomic E-state index is 0.281. The Morgan fingerprint density at radius 3 is 2.53 bits per heavy atom. The second-order valence-electron chi connectivity index (χ2n) is 4.70. The summed E-state index contributed by atoms with van der Waals surface area (Å²) < 4.78 is 5.85. The van der Waals surface area contributed by atoms with Gasteiger partial charge in [0.05, 0.1) is 11.6 Å². The van der Waals surface area contributed by atoms with E-state index >= 15 is 0 Å². The van der Waals surface area contributed by atoms with Crippen LogP contribution in [-0.4, -0.2) is 11.9 Å². The molecule has 0 heterocycles. The van der Waals surface area contributed by atoms with E-state index in [4.69, 9.17) is 27.9 Å². The molecule has 17 heavy (non-hydrogen) atoms. The van der Waals surface area contributed by atoms with Gasteiger partial charge in [-0.3, -0.25) is 0 Å². The molecule has 1 aliphatic carbocycles. The van der Waals surface area contributed by atoms with Crippen LogP contribution in [0.15, 0.2) is 18.2 Å². The van der Waals surface area contributed by atoms with Gasteiger partial charge in [0.2, 0.25) is 0 Å². The minimum atomic E-state index is 0.281. The molecule has 0 radical (unpaired) electrons. The third kappa shape index (κ3) is 3.30. The van der Waals surface area contributed by atoms with Gasteiger partial charge >= 0.3 is 0 Å². The molecule has 0 N–H and O–H groups in total. The van der Waals surface area contributed by atoms with Gasteiger partial charge in [0.1, 0.15) is 5.75 Å². The van der Waals surface area contributed by atoms with Crippen LogP contribution in [0, 0.1) is 5.41 Å². The van der Waals surface area contributed by atoms with Crippen LogP contribution in [0.2, 0.25) is 10.0 Å². The summed E-state index contributed by atoms with van der Waals surface area (Å²) in [7, 11) is 0. The molecule has 4 heteroatoms. The van der Waals surface area contributed by atoms with E-state index in [0.717, 1.165) is 17.7 Å². The van der Waals surface area contributed by atoms with Gasteiger partial charge < -0.3 is 4.74 Å². The maximum absolute atomic E-state index is 6.08. The summed E-state index contributed by atoms with van der Waals surface area (Å²) in [6, 6.07) is 5.35. The number of alkyl halides is 1. The van der Waals surface area contributed by atoms with Gasteiger partial charge in [0, 0.05) is 15.8 Å². The molecule has 0 spiro atoms. The largest absolute Gasteiger partial charge is 0.491 e. The predicted molar refractivity (Wildman–Crippen MR) is 76.7 cm³/mol. The van der Waals surface area contributed by atoms with Crippen LogP contribution in [0.3, 0.4) is 0 Å². The Morgan fingerprint density at radius 1 is 1.24 bits per heavy atom. The Kier molecular flexibility index (Phi) is 4.62. The normalized spacial score (nSPS) is 18.3. The molecule has 1 saturated carbocycles. The van der Waals surface area contributed by atoms with E-state index in [1.807, 2.05) is 6.07 Å². The maximum atomic E-state index is 6.08. The van der Waals surface area contributed by atoms with Gasteiger partial charge in [0.15, 0.2) is 0 Å². The van der Waals surface area contributed by atoms with E-state index in [1.165, 1.54) is 25.7 Å². The molecule has 1 fully saturated rings. The van der Waals surface area contributed by atoms with E-state index < -0.39 is 0 Å². The molecule has 1 nitrogen and oxygen atoms in total. The third-order valence-electron chi connectivity index (χ3n) is 3.38. The van der Waals surface area contributed by atoms with Crippen LogP contribution >= 0.6 is 39.1 Å². The van der Waals surface area contributed by atoms with Gasteiger partial charge in [-0.2, -0.15) is 0 Å². The number of hydrogen-bond acceptors (Lipinski definition) is 1. The van der Waals surface area contributed by atoms with Crippen molar-refractivity contribution in [1.82, 2.24) is 0 Å². The summed E-state index contributed by atoms with van der Waals surface area (Å²) in [4.78, 5) is 0. The van der Waals surface area contributed by atoms with Crippen LogP contribution in [0.5, 0.6) is 5.75 Å². The Hall–Kier alpha value is 0.0800. The van der Waals surface area contributed by atoms with Crippen molar-refractivity contribution in [2.45, 2.75) is 25.7 Å².